The zero-order valence-corrected chi connectivity index (χ0v) is 17.8. The van der Waals surface area contributed by atoms with E-state index in [1.54, 1.807) is 25.2 Å². The Hall–Kier alpha value is -2.77. The topological polar surface area (TPSA) is 102 Å². The van der Waals surface area contributed by atoms with Gasteiger partial charge in [0.15, 0.2) is 0 Å². The molecule has 1 aromatic rings. The number of carbonyl (C=O) groups is 3. The van der Waals surface area contributed by atoms with Crippen molar-refractivity contribution in [3.05, 3.63) is 23.8 Å². The molecule has 2 N–H and O–H groups in total. The van der Waals surface area contributed by atoms with Crippen LogP contribution in [0.15, 0.2) is 18.2 Å². The van der Waals surface area contributed by atoms with E-state index in [2.05, 4.69) is 0 Å². The van der Waals surface area contributed by atoms with Crippen LogP contribution in [0.3, 0.4) is 0 Å². The van der Waals surface area contributed by atoms with Crippen LogP contribution in [0.2, 0.25) is 0 Å². The first-order valence-electron chi connectivity index (χ1n) is 10.5. The van der Waals surface area contributed by atoms with Crippen LogP contribution in [-0.2, 0) is 20.8 Å². The van der Waals surface area contributed by atoms with Crippen molar-refractivity contribution >= 4 is 17.7 Å². The van der Waals surface area contributed by atoms with Gasteiger partial charge in [0.05, 0.1) is 14.2 Å². The first kappa shape index (κ1) is 21.9. The van der Waals surface area contributed by atoms with Gasteiger partial charge >= 0.3 is 0 Å². The van der Waals surface area contributed by atoms with Crippen LogP contribution in [0.1, 0.15) is 37.7 Å². The summed E-state index contributed by atoms with van der Waals surface area (Å²) in [4.78, 5) is 40.5. The van der Waals surface area contributed by atoms with E-state index in [9.17, 15) is 14.4 Å². The molecule has 0 aromatic heterocycles. The maximum Gasteiger partial charge on any atom is 0.240 e. The molecule has 164 valence electrons. The first-order valence-corrected chi connectivity index (χ1v) is 10.5. The zero-order valence-electron chi connectivity index (χ0n) is 17.8. The summed E-state index contributed by atoms with van der Waals surface area (Å²) in [5, 5.41) is 0. The highest BCUT2D eigenvalue weighted by molar-refractivity contribution is 5.88. The Morgan fingerprint density at radius 3 is 2.20 bits per heavy atom. The quantitative estimate of drug-likeness (QED) is 0.722. The summed E-state index contributed by atoms with van der Waals surface area (Å²) >= 11 is 0. The van der Waals surface area contributed by atoms with Crippen molar-refractivity contribution in [3.8, 4) is 11.5 Å². The van der Waals surface area contributed by atoms with Crippen LogP contribution < -0.4 is 15.2 Å². The Morgan fingerprint density at radius 1 is 1.00 bits per heavy atom. The van der Waals surface area contributed by atoms with Gasteiger partial charge in [-0.15, -0.1) is 0 Å². The monoisotopic (exact) mass is 417 g/mol. The van der Waals surface area contributed by atoms with Crippen molar-refractivity contribution in [2.24, 2.45) is 11.7 Å². The molecule has 0 saturated carbocycles. The molecule has 2 aliphatic rings. The molecule has 8 nitrogen and oxygen atoms in total. The molecule has 1 atom stereocenters. The average molecular weight is 418 g/mol. The number of nitrogens with two attached hydrogens (primary N) is 1. The molecule has 30 heavy (non-hydrogen) atoms. The minimum Gasteiger partial charge on any atom is -0.497 e. The third-order valence-corrected chi connectivity index (χ3v) is 6.10. The summed E-state index contributed by atoms with van der Waals surface area (Å²) in [5.74, 6) is 0.921. The van der Waals surface area contributed by atoms with Gasteiger partial charge in [0.1, 0.15) is 17.5 Å². The maximum absolute atomic E-state index is 12.8. The van der Waals surface area contributed by atoms with Crippen molar-refractivity contribution in [2.45, 2.75) is 44.6 Å². The molecule has 0 radical (unpaired) electrons. The Kier molecular flexibility index (Phi) is 7.18. The number of rotatable bonds is 7. The number of nitrogens with zero attached hydrogens (tertiary/aromatic N) is 2. The lowest BCUT2D eigenvalue weighted by Crippen LogP contribution is -2.49. The highest BCUT2D eigenvalue weighted by atomic mass is 16.5. The molecule has 3 rings (SSSR count). The van der Waals surface area contributed by atoms with E-state index in [-0.39, 0.29) is 17.7 Å². The second kappa shape index (κ2) is 9.82. The van der Waals surface area contributed by atoms with E-state index in [1.165, 1.54) is 0 Å². The highest BCUT2D eigenvalue weighted by Crippen LogP contribution is 2.26. The molecule has 2 heterocycles. The van der Waals surface area contributed by atoms with Crippen molar-refractivity contribution in [1.82, 2.24) is 9.80 Å². The number of likely N-dealkylation sites (tertiary alicyclic amines) is 2. The summed E-state index contributed by atoms with van der Waals surface area (Å²) in [5.41, 5.74) is 6.42. The standard InChI is InChI=1S/C22H31N3O5/c1-29-17-12-15(13-18(14-17)30-2)5-6-20(26)24-10-7-16(8-11-24)22(28)25-9-3-4-19(25)21(23)27/h12-14,16,19H,3-11H2,1-2H3,(H2,23,27). The van der Waals surface area contributed by atoms with Crippen LogP contribution in [0.5, 0.6) is 11.5 Å². The Morgan fingerprint density at radius 2 is 1.63 bits per heavy atom. The predicted molar refractivity (Wildman–Crippen MR) is 111 cm³/mol. The fraction of sp³-hybridized carbons (Fsp3) is 0.591. The van der Waals surface area contributed by atoms with Crippen LogP contribution in [-0.4, -0.2) is 67.4 Å². The number of benzene rings is 1. The van der Waals surface area contributed by atoms with Crippen LogP contribution in [0, 0.1) is 5.92 Å². The number of amides is 3. The molecule has 2 fully saturated rings. The summed E-state index contributed by atoms with van der Waals surface area (Å²) in [6, 6.07) is 5.14. The van der Waals surface area contributed by atoms with E-state index >= 15 is 0 Å². The van der Waals surface area contributed by atoms with Crippen molar-refractivity contribution in [2.75, 3.05) is 33.9 Å². The van der Waals surface area contributed by atoms with Gasteiger partial charge in [-0.2, -0.15) is 0 Å². The summed E-state index contributed by atoms with van der Waals surface area (Å²) < 4.78 is 10.6. The number of piperidine rings is 1. The van der Waals surface area contributed by atoms with Crippen LogP contribution >= 0.6 is 0 Å². The number of hydrogen-bond donors (Lipinski definition) is 1. The van der Waals surface area contributed by atoms with Gasteiger partial charge in [0.2, 0.25) is 17.7 Å². The summed E-state index contributed by atoms with van der Waals surface area (Å²) in [6.07, 6.45) is 3.70. The summed E-state index contributed by atoms with van der Waals surface area (Å²) in [6.45, 7) is 1.72. The van der Waals surface area contributed by atoms with Crippen LogP contribution in [0.4, 0.5) is 0 Å². The average Bonchev–Trinajstić information content (AvgIpc) is 3.27. The molecule has 0 bridgehead atoms. The first-order chi connectivity index (χ1) is 14.4. The Bertz CT molecular complexity index is 767. The maximum atomic E-state index is 12.8. The predicted octanol–water partition coefficient (Wildman–Crippen LogP) is 1.35. The van der Waals surface area contributed by atoms with Crippen LogP contribution in [0.25, 0.3) is 0 Å². The second-order valence-electron chi connectivity index (χ2n) is 7.97. The number of ether oxygens (including phenoxy) is 2. The van der Waals surface area contributed by atoms with Crippen molar-refractivity contribution in [3.63, 3.8) is 0 Å². The second-order valence-corrected chi connectivity index (χ2v) is 7.97. The molecular formula is C22H31N3O5. The van der Waals surface area contributed by atoms with E-state index in [0.29, 0.717) is 63.2 Å². The molecule has 3 amide bonds. The number of methoxy groups -OCH3 is 2. The number of primary amides is 1. The normalized spacial score (nSPS) is 19.6. The molecule has 2 saturated heterocycles. The molecular weight excluding hydrogens is 386 g/mol. The van der Waals surface area contributed by atoms with Gasteiger partial charge in [-0.3, -0.25) is 14.4 Å². The lowest BCUT2D eigenvalue weighted by molar-refractivity contribution is -0.143. The Labute approximate surface area is 177 Å². The van der Waals surface area contributed by atoms with Gasteiger partial charge in [-0.1, -0.05) is 0 Å². The number of carbonyl (C=O) groups excluding carboxylic acids is 3. The third kappa shape index (κ3) is 5.04. The van der Waals surface area contributed by atoms with Gasteiger partial charge in [-0.25, -0.2) is 0 Å². The van der Waals surface area contributed by atoms with E-state index in [0.717, 1.165) is 12.0 Å². The van der Waals surface area contributed by atoms with E-state index < -0.39 is 11.9 Å². The number of aryl methyl sites for hydroxylation is 1. The lowest BCUT2D eigenvalue weighted by atomic mass is 9.94. The molecule has 1 unspecified atom stereocenters. The molecule has 0 aliphatic carbocycles. The molecule has 8 heteroatoms. The van der Waals surface area contributed by atoms with Gasteiger partial charge in [-0.05, 0) is 49.8 Å². The van der Waals surface area contributed by atoms with Crippen molar-refractivity contribution < 1.29 is 23.9 Å². The number of hydrogen-bond acceptors (Lipinski definition) is 5. The smallest absolute Gasteiger partial charge is 0.240 e. The van der Waals surface area contributed by atoms with Gasteiger partial charge < -0.3 is 25.0 Å². The lowest BCUT2D eigenvalue weighted by Gasteiger charge is -2.34. The minimum atomic E-state index is -0.475. The molecule has 2 aliphatic heterocycles. The van der Waals surface area contributed by atoms with Gasteiger partial charge in [0, 0.05) is 38.0 Å². The molecule has 0 spiro atoms. The molecule has 1 aromatic carbocycles. The fourth-order valence-electron chi connectivity index (χ4n) is 4.36. The van der Waals surface area contributed by atoms with E-state index in [1.807, 2.05) is 17.0 Å². The third-order valence-electron chi connectivity index (χ3n) is 6.10. The van der Waals surface area contributed by atoms with Gasteiger partial charge in [0.25, 0.3) is 0 Å². The fourth-order valence-corrected chi connectivity index (χ4v) is 4.36. The largest absolute Gasteiger partial charge is 0.497 e. The Balaban J connectivity index is 1.50. The SMILES string of the molecule is COc1cc(CCC(=O)N2CCC(C(=O)N3CCCC3C(N)=O)CC2)cc(OC)c1. The van der Waals surface area contributed by atoms with E-state index in [4.69, 9.17) is 15.2 Å². The zero-order chi connectivity index (χ0) is 21.7. The summed E-state index contributed by atoms with van der Waals surface area (Å²) in [7, 11) is 3.20. The highest BCUT2D eigenvalue weighted by Gasteiger charge is 2.37. The van der Waals surface area contributed by atoms with Crippen molar-refractivity contribution in [1.29, 1.82) is 0 Å². The minimum absolute atomic E-state index is 0.00637.